The summed E-state index contributed by atoms with van der Waals surface area (Å²) in [5.74, 6) is 0.605. The molecule has 1 aliphatic heterocycles. The number of piperidine rings is 1. The SMILES string of the molecule is CCNC(=NCC1CCN(S(C)(=O)=O)CC1)NCCC(F)(F)F.I. The van der Waals surface area contributed by atoms with Gasteiger partial charge in [-0.3, -0.25) is 4.99 Å². The average Bonchev–Trinajstić information content (AvgIpc) is 2.43. The maximum Gasteiger partial charge on any atom is 0.390 e. The molecule has 1 saturated heterocycles. The fourth-order valence-corrected chi connectivity index (χ4v) is 3.18. The third-order valence-electron chi connectivity index (χ3n) is 3.60. The van der Waals surface area contributed by atoms with E-state index in [0.29, 0.717) is 45.0 Å². The Bertz CT molecular complexity index is 492. The number of hydrogen-bond acceptors (Lipinski definition) is 3. The Morgan fingerprint density at radius 3 is 2.29 bits per heavy atom. The summed E-state index contributed by atoms with van der Waals surface area (Å²) in [7, 11) is -3.15. The first-order chi connectivity index (χ1) is 10.6. The zero-order valence-corrected chi connectivity index (χ0v) is 17.0. The zero-order chi connectivity index (χ0) is 17.5. The molecule has 6 nitrogen and oxygen atoms in total. The van der Waals surface area contributed by atoms with Crippen molar-refractivity contribution in [1.29, 1.82) is 0 Å². The molecule has 2 N–H and O–H groups in total. The molecule has 0 atom stereocenters. The molecule has 1 rings (SSSR count). The van der Waals surface area contributed by atoms with Crippen molar-refractivity contribution in [1.82, 2.24) is 14.9 Å². The Labute approximate surface area is 158 Å². The van der Waals surface area contributed by atoms with Gasteiger partial charge in [-0.1, -0.05) is 0 Å². The van der Waals surface area contributed by atoms with Crippen LogP contribution in [0.15, 0.2) is 4.99 Å². The number of halogens is 4. The minimum Gasteiger partial charge on any atom is -0.357 e. The van der Waals surface area contributed by atoms with Gasteiger partial charge in [-0.2, -0.15) is 13.2 Å². The highest BCUT2D eigenvalue weighted by atomic mass is 127. The van der Waals surface area contributed by atoms with Crippen LogP contribution in [0, 0.1) is 5.92 Å². The van der Waals surface area contributed by atoms with E-state index in [1.165, 1.54) is 10.6 Å². The molecule has 0 aliphatic carbocycles. The summed E-state index contributed by atoms with van der Waals surface area (Å²) in [4.78, 5) is 4.30. The van der Waals surface area contributed by atoms with Gasteiger partial charge >= 0.3 is 6.18 Å². The molecule has 0 aromatic rings. The summed E-state index contributed by atoms with van der Waals surface area (Å²) in [6, 6.07) is 0. The fourth-order valence-electron chi connectivity index (χ4n) is 2.31. The third kappa shape index (κ3) is 9.87. The number of hydrogen-bond donors (Lipinski definition) is 2. The molecule has 0 amide bonds. The first kappa shape index (κ1) is 23.7. The predicted molar refractivity (Wildman–Crippen MR) is 99.2 cm³/mol. The highest BCUT2D eigenvalue weighted by molar-refractivity contribution is 14.0. The molecule has 1 heterocycles. The summed E-state index contributed by atoms with van der Waals surface area (Å²) in [6.45, 7) is 3.59. The first-order valence-electron chi connectivity index (χ1n) is 7.66. The number of guanidine groups is 1. The van der Waals surface area contributed by atoms with E-state index in [4.69, 9.17) is 0 Å². The Hall–Kier alpha value is -0.300. The second-order valence-electron chi connectivity index (χ2n) is 5.62. The van der Waals surface area contributed by atoms with Gasteiger partial charge in [0.05, 0.1) is 12.7 Å². The Morgan fingerprint density at radius 1 is 1.25 bits per heavy atom. The van der Waals surface area contributed by atoms with Crippen molar-refractivity contribution in [2.24, 2.45) is 10.9 Å². The Balaban J connectivity index is 0.00000529. The van der Waals surface area contributed by atoms with Crippen molar-refractivity contribution in [2.45, 2.75) is 32.4 Å². The molecule has 0 spiro atoms. The van der Waals surface area contributed by atoms with Crippen molar-refractivity contribution < 1.29 is 21.6 Å². The Kier molecular flexibility index (Phi) is 10.5. The lowest BCUT2D eigenvalue weighted by molar-refractivity contribution is -0.132. The van der Waals surface area contributed by atoms with Gasteiger partial charge in [0.2, 0.25) is 10.0 Å². The third-order valence-corrected chi connectivity index (χ3v) is 4.90. The molecule has 0 radical (unpaired) electrons. The molecule has 0 aromatic heterocycles. The molecule has 0 unspecified atom stereocenters. The average molecular weight is 486 g/mol. The van der Waals surface area contributed by atoms with Gasteiger partial charge in [0.15, 0.2) is 5.96 Å². The lowest BCUT2D eigenvalue weighted by Crippen LogP contribution is -2.40. The van der Waals surface area contributed by atoms with Crippen molar-refractivity contribution in [3.05, 3.63) is 0 Å². The highest BCUT2D eigenvalue weighted by Crippen LogP contribution is 2.19. The van der Waals surface area contributed by atoms with E-state index >= 15 is 0 Å². The standard InChI is InChI=1S/C13H25F3N4O2S.HI/c1-3-17-12(18-7-6-13(14,15)16)19-10-11-4-8-20(9-5-11)23(2,21)22;/h11H,3-10H2,1-2H3,(H2,17,18,19);1H. The summed E-state index contributed by atoms with van der Waals surface area (Å²) in [5.41, 5.74) is 0. The molecule has 0 saturated carbocycles. The summed E-state index contributed by atoms with van der Waals surface area (Å²) < 4.78 is 60.7. The fraction of sp³-hybridized carbons (Fsp3) is 0.923. The van der Waals surface area contributed by atoms with E-state index < -0.39 is 22.6 Å². The van der Waals surface area contributed by atoms with Crippen LogP contribution in [0.5, 0.6) is 0 Å². The molecule has 0 aromatic carbocycles. The zero-order valence-electron chi connectivity index (χ0n) is 13.9. The van der Waals surface area contributed by atoms with Crippen molar-refractivity contribution in [3.63, 3.8) is 0 Å². The second-order valence-corrected chi connectivity index (χ2v) is 7.60. The van der Waals surface area contributed by atoms with Gasteiger partial charge in [0, 0.05) is 32.7 Å². The maximum absolute atomic E-state index is 12.1. The number of nitrogens with zero attached hydrogens (tertiary/aromatic N) is 2. The number of sulfonamides is 1. The largest absolute Gasteiger partial charge is 0.390 e. The van der Waals surface area contributed by atoms with Gasteiger partial charge in [0.25, 0.3) is 0 Å². The lowest BCUT2D eigenvalue weighted by atomic mass is 9.98. The number of nitrogens with one attached hydrogen (secondary N) is 2. The Morgan fingerprint density at radius 2 is 1.83 bits per heavy atom. The lowest BCUT2D eigenvalue weighted by Gasteiger charge is -2.29. The van der Waals surface area contributed by atoms with Crippen LogP contribution in [-0.2, 0) is 10.0 Å². The van der Waals surface area contributed by atoms with E-state index in [9.17, 15) is 21.6 Å². The van der Waals surface area contributed by atoms with Crippen LogP contribution in [0.1, 0.15) is 26.2 Å². The van der Waals surface area contributed by atoms with Crippen LogP contribution in [0.25, 0.3) is 0 Å². The molecule has 144 valence electrons. The molecule has 1 fully saturated rings. The molecule has 1 aliphatic rings. The molecule has 0 bridgehead atoms. The van der Waals surface area contributed by atoms with Crippen LogP contribution < -0.4 is 10.6 Å². The van der Waals surface area contributed by atoms with E-state index in [1.54, 1.807) is 0 Å². The number of rotatable bonds is 6. The quantitative estimate of drug-likeness (QED) is 0.341. The highest BCUT2D eigenvalue weighted by Gasteiger charge is 2.27. The first-order valence-corrected chi connectivity index (χ1v) is 9.50. The molecular formula is C13H26F3IN4O2S. The van der Waals surface area contributed by atoms with Crippen molar-refractivity contribution in [2.75, 3.05) is 39.0 Å². The van der Waals surface area contributed by atoms with E-state index in [2.05, 4.69) is 15.6 Å². The van der Waals surface area contributed by atoms with Crippen LogP contribution >= 0.6 is 24.0 Å². The van der Waals surface area contributed by atoms with E-state index in [1.807, 2.05) is 6.92 Å². The van der Waals surface area contributed by atoms with E-state index in [0.717, 1.165) is 0 Å². The summed E-state index contributed by atoms with van der Waals surface area (Å²) >= 11 is 0. The van der Waals surface area contributed by atoms with Crippen molar-refractivity contribution in [3.8, 4) is 0 Å². The van der Waals surface area contributed by atoms with Crippen LogP contribution in [-0.4, -0.2) is 63.8 Å². The van der Waals surface area contributed by atoms with Crippen LogP contribution in [0.3, 0.4) is 0 Å². The molecule has 24 heavy (non-hydrogen) atoms. The van der Waals surface area contributed by atoms with Gasteiger partial charge in [0.1, 0.15) is 0 Å². The van der Waals surface area contributed by atoms with Gasteiger partial charge in [-0.25, -0.2) is 12.7 Å². The van der Waals surface area contributed by atoms with Crippen LogP contribution in [0.2, 0.25) is 0 Å². The normalized spacial score (nSPS) is 18.1. The maximum atomic E-state index is 12.1. The van der Waals surface area contributed by atoms with E-state index in [-0.39, 0.29) is 36.4 Å². The van der Waals surface area contributed by atoms with Gasteiger partial charge < -0.3 is 10.6 Å². The number of aliphatic imine (C=N–C) groups is 1. The minimum atomic E-state index is -4.19. The minimum absolute atomic E-state index is 0. The monoisotopic (exact) mass is 486 g/mol. The molecule has 11 heteroatoms. The summed E-state index contributed by atoms with van der Waals surface area (Å²) in [5, 5.41) is 5.57. The number of alkyl halides is 3. The summed E-state index contributed by atoms with van der Waals surface area (Å²) in [6.07, 6.45) is -2.50. The topological polar surface area (TPSA) is 73.8 Å². The smallest absolute Gasteiger partial charge is 0.357 e. The van der Waals surface area contributed by atoms with Gasteiger partial charge in [-0.15, -0.1) is 24.0 Å². The predicted octanol–water partition coefficient (Wildman–Crippen LogP) is 1.78. The van der Waals surface area contributed by atoms with Crippen LogP contribution in [0.4, 0.5) is 13.2 Å². The van der Waals surface area contributed by atoms with Gasteiger partial charge in [-0.05, 0) is 25.7 Å². The second kappa shape index (κ2) is 10.6. The van der Waals surface area contributed by atoms with Crippen molar-refractivity contribution >= 4 is 40.0 Å². The molecular weight excluding hydrogens is 460 g/mol.